The predicted molar refractivity (Wildman–Crippen MR) is 104 cm³/mol. The largest absolute Gasteiger partial charge is 0.369 e. The van der Waals surface area contributed by atoms with E-state index < -0.39 is 10.7 Å². The van der Waals surface area contributed by atoms with Gasteiger partial charge in [-0.3, -0.25) is 15.0 Å². The van der Waals surface area contributed by atoms with Crippen LogP contribution < -0.4 is 10.6 Å². The molecular formula is C20H24F2N4O2. The van der Waals surface area contributed by atoms with Crippen LogP contribution in [0.4, 0.5) is 20.2 Å². The van der Waals surface area contributed by atoms with Crippen LogP contribution in [0.15, 0.2) is 42.5 Å². The van der Waals surface area contributed by atoms with E-state index in [4.69, 9.17) is 5.73 Å². The molecule has 28 heavy (non-hydrogen) atoms. The Morgan fingerprint density at radius 3 is 2.25 bits per heavy atom. The van der Waals surface area contributed by atoms with Crippen LogP contribution in [0.3, 0.4) is 0 Å². The van der Waals surface area contributed by atoms with Gasteiger partial charge in [0.15, 0.2) is 0 Å². The van der Waals surface area contributed by atoms with Gasteiger partial charge >= 0.3 is 0 Å². The molecule has 0 aliphatic carbocycles. The summed E-state index contributed by atoms with van der Waals surface area (Å²) < 4.78 is 26.7. The van der Waals surface area contributed by atoms with E-state index in [0.717, 1.165) is 11.8 Å². The Hall–Kier alpha value is -2.58. The standard InChI is InChI=1S/C20H24F2N4O2/c1-14(13-23)20(18-7-4-16(22)12-19(18)26(27)28)25-10-8-24(9-11-25)17-5-2-15(21)3-6-17/h2-7,12,14,20H,8-11,13,23H2,1H3. The van der Waals surface area contributed by atoms with Crippen molar-refractivity contribution in [2.24, 2.45) is 11.7 Å². The first kappa shape index (κ1) is 20.2. The van der Waals surface area contributed by atoms with Crippen LogP contribution in [0.1, 0.15) is 18.5 Å². The van der Waals surface area contributed by atoms with Crippen molar-refractivity contribution in [2.75, 3.05) is 37.6 Å². The number of rotatable bonds is 6. The minimum atomic E-state index is -0.629. The molecule has 1 saturated heterocycles. The van der Waals surface area contributed by atoms with Crippen molar-refractivity contribution in [3.05, 3.63) is 69.8 Å². The molecule has 0 radical (unpaired) electrons. The van der Waals surface area contributed by atoms with Gasteiger partial charge in [0.25, 0.3) is 5.69 Å². The first-order valence-electron chi connectivity index (χ1n) is 9.29. The van der Waals surface area contributed by atoms with Gasteiger partial charge in [0.05, 0.1) is 11.0 Å². The van der Waals surface area contributed by atoms with Gasteiger partial charge in [-0.05, 0) is 48.9 Å². The molecule has 1 heterocycles. The lowest BCUT2D eigenvalue weighted by molar-refractivity contribution is -0.386. The Kier molecular flexibility index (Phi) is 6.21. The van der Waals surface area contributed by atoms with Crippen LogP contribution in [-0.2, 0) is 0 Å². The van der Waals surface area contributed by atoms with Gasteiger partial charge in [-0.2, -0.15) is 0 Å². The molecule has 2 N–H and O–H groups in total. The van der Waals surface area contributed by atoms with Crippen LogP contribution in [0, 0.1) is 27.7 Å². The molecular weight excluding hydrogens is 366 g/mol. The lowest BCUT2D eigenvalue weighted by atomic mass is 9.91. The third kappa shape index (κ3) is 4.28. The third-order valence-electron chi connectivity index (χ3n) is 5.32. The maximum absolute atomic E-state index is 13.6. The Bertz CT molecular complexity index is 823. The number of nitro groups is 1. The molecule has 2 aromatic rings. The van der Waals surface area contributed by atoms with Crippen LogP contribution in [-0.4, -0.2) is 42.5 Å². The number of benzene rings is 2. The van der Waals surface area contributed by atoms with E-state index in [9.17, 15) is 18.9 Å². The van der Waals surface area contributed by atoms with Crippen molar-refractivity contribution in [3.8, 4) is 0 Å². The van der Waals surface area contributed by atoms with Crippen LogP contribution in [0.5, 0.6) is 0 Å². The first-order valence-corrected chi connectivity index (χ1v) is 9.29. The molecule has 2 aromatic carbocycles. The fraction of sp³-hybridized carbons (Fsp3) is 0.400. The number of anilines is 1. The summed E-state index contributed by atoms with van der Waals surface area (Å²) in [5.74, 6) is -0.944. The monoisotopic (exact) mass is 390 g/mol. The number of nitrogens with two attached hydrogens (primary N) is 1. The minimum absolute atomic E-state index is 0.0402. The quantitative estimate of drug-likeness (QED) is 0.605. The highest BCUT2D eigenvalue weighted by Gasteiger charge is 2.33. The van der Waals surface area contributed by atoms with E-state index in [1.165, 1.54) is 24.3 Å². The van der Waals surface area contributed by atoms with Gasteiger partial charge < -0.3 is 10.6 Å². The van der Waals surface area contributed by atoms with Crippen molar-refractivity contribution >= 4 is 11.4 Å². The Labute approximate surface area is 162 Å². The van der Waals surface area contributed by atoms with E-state index in [-0.39, 0.29) is 23.5 Å². The van der Waals surface area contributed by atoms with E-state index in [1.54, 1.807) is 12.1 Å². The summed E-state index contributed by atoms with van der Waals surface area (Å²) in [6, 6.07) is 9.81. The molecule has 0 aromatic heterocycles. The van der Waals surface area contributed by atoms with E-state index >= 15 is 0 Å². The highest BCUT2D eigenvalue weighted by Crippen LogP contribution is 2.36. The zero-order chi connectivity index (χ0) is 20.3. The Morgan fingerprint density at radius 1 is 1.07 bits per heavy atom. The van der Waals surface area contributed by atoms with Gasteiger partial charge in [-0.15, -0.1) is 0 Å². The molecule has 1 aliphatic rings. The summed E-state index contributed by atoms with van der Waals surface area (Å²) in [6.07, 6.45) is 0. The molecule has 1 fully saturated rings. The SMILES string of the molecule is CC(CN)C(c1ccc(F)cc1[N+](=O)[O-])N1CCN(c2ccc(F)cc2)CC1. The molecule has 2 unspecified atom stereocenters. The number of nitrogens with zero attached hydrogens (tertiary/aromatic N) is 3. The molecule has 0 amide bonds. The Balaban J connectivity index is 1.83. The lowest BCUT2D eigenvalue weighted by Gasteiger charge is -2.42. The number of nitro benzene ring substituents is 1. The smallest absolute Gasteiger partial charge is 0.277 e. The molecule has 150 valence electrons. The van der Waals surface area contributed by atoms with Crippen LogP contribution >= 0.6 is 0 Å². The van der Waals surface area contributed by atoms with E-state index in [0.29, 0.717) is 38.3 Å². The number of halogens is 2. The molecule has 1 aliphatic heterocycles. The predicted octanol–water partition coefficient (Wildman–Crippen LogP) is 3.33. The fourth-order valence-corrected chi connectivity index (χ4v) is 3.83. The van der Waals surface area contributed by atoms with Gasteiger partial charge in [0.1, 0.15) is 11.6 Å². The second-order valence-corrected chi connectivity index (χ2v) is 7.12. The van der Waals surface area contributed by atoms with Crippen molar-refractivity contribution < 1.29 is 13.7 Å². The average molecular weight is 390 g/mol. The van der Waals surface area contributed by atoms with Crippen LogP contribution in [0.2, 0.25) is 0 Å². The number of piperazine rings is 1. The minimum Gasteiger partial charge on any atom is -0.369 e. The van der Waals surface area contributed by atoms with Crippen molar-refractivity contribution in [1.29, 1.82) is 0 Å². The van der Waals surface area contributed by atoms with Crippen molar-refractivity contribution in [1.82, 2.24) is 4.90 Å². The summed E-state index contributed by atoms with van der Waals surface area (Å²) in [7, 11) is 0. The molecule has 0 bridgehead atoms. The number of hydrogen-bond donors (Lipinski definition) is 1. The second kappa shape index (κ2) is 8.62. The first-order chi connectivity index (χ1) is 13.4. The summed E-state index contributed by atoms with van der Waals surface area (Å²) >= 11 is 0. The van der Waals surface area contributed by atoms with Gasteiger partial charge in [-0.25, -0.2) is 8.78 Å². The second-order valence-electron chi connectivity index (χ2n) is 7.12. The fourth-order valence-electron chi connectivity index (χ4n) is 3.83. The maximum Gasteiger partial charge on any atom is 0.277 e. The highest BCUT2D eigenvalue weighted by molar-refractivity contribution is 5.47. The third-order valence-corrected chi connectivity index (χ3v) is 5.32. The van der Waals surface area contributed by atoms with Gasteiger partial charge in [-0.1, -0.05) is 6.92 Å². The summed E-state index contributed by atoms with van der Waals surface area (Å²) in [5.41, 5.74) is 7.10. The maximum atomic E-state index is 13.6. The van der Waals surface area contributed by atoms with Crippen LogP contribution in [0.25, 0.3) is 0 Å². The molecule has 2 atom stereocenters. The van der Waals surface area contributed by atoms with Crippen molar-refractivity contribution in [3.63, 3.8) is 0 Å². The molecule has 3 rings (SSSR count). The normalized spacial score (nSPS) is 17.4. The summed E-state index contributed by atoms with van der Waals surface area (Å²) in [4.78, 5) is 15.3. The lowest BCUT2D eigenvalue weighted by Crippen LogP contribution is -2.49. The summed E-state index contributed by atoms with van der Waals surface area (Å²) in [5, 5.41) is 11.5. The topological polar surface area (TPSA) is 75.6 Å². The average Bonchev–Trinajstić information content (AvgIpc) is 2.70. The Morgan fingerprint density at radius 2 is 1.68 bits per heavy atom. The molecule has 8 heteroatoms. The van der Waals surface area contributed by atoms with Gasteiger partial charge in [0, 0.05) is 43.5 Å². The zero-order valence-corrected chi connectivity index (χ0v) is 15.7. The van der Waals surface area contributed by atoms with Crippen molar-refractivity contribution in [2.45, 2.75) is 13.0 Å². The van der Waals surface area contributed by atoms with E-state index in [2.05, 4.69) is 9.80 Å². The number of hydrogen-bond acceptors (Lipinski definition) is 5. The highest BCUT2D eigenvalue weighted by atomic mass is 19.1. The molecule has 6 nitrogen and oxygen atoms in total. The van der Waals surface area contributed by atoms with Gasteiger partial charge in [0.2, 0.25) is 0 Å². The molecule has 0 spiro atoms. The zero-order valence-electron chi connectivity index (χ0n) is 15.7. The molecule has 0 saturated carbocycles. The summed E-state index contributed by atoms with van der Waals surface area (Å²) in [6.45, 7) is 5.05. The van der Waals surface area contributed by atoms with E-state index in [1.807, 2.05) is 6.92 Å².